The Morgan fingerprint density at radius 3 is 2.88 bits per heavy atom. The molecule has 0 amide bonds. The van der Waals surface area contributed by atoms with E-state index in [1.807, 2.05) is 36.4 Å². The zero-order valence-corrected chi connectivity index (χ0v) is 13.9. The molecule has 0 fully saturated rings. The summed E-state index contributed by atoms with van der Waals surface area (Å²) in [5.41, 5.74) is 2.09. The molecule has 0 aliphatic carbocycles. The predicted octanol–water partition coefficient (Wildman–Crippen LogP) is 3.41. The largest absolute Gasteiger partial charge is 0.486 e. The smallest absolute Gasteiger partial charge is 0.179 e. The molecule has 1 N–H and O–H groups in total. The molecule has 0 saturated heterocycles. The van der Waals surface area contributed by atoms with Crippen molar-refractivity contribution in [3.63, 3.8) is 0 Å². The third-order valence-electron chi connectivity index (χ3n) is 3.58. The van der Waals surface area contributed by atoms with Crippen molar-refractivity contribution in [2.75, 3.05) is 19.8 Å². The van der Waals surface area contributed by atoms with Crippen LogP contribution in [-0.2, 0) is 13.1 Å². The van der Waals surface area contributed by atoms with Gasteiger partial charge in [0.15, 0.2) is 11.5 Å². The van der Waals surface area contributed by atoms with Gasteiger partial charge in [-0.15, -0.1) is 6.42 Å². The van der Waals surface area contributed by atoms with E-state index in [9.17, 15) is 0 Å². The predicted molar refractivity (Wildman–Crippen MR) is 93.8 cm³/mol. The molecule has 0 saturated carbocycles. The Bertz CT molecular complexity index is 755. The lowest BCUT2D eigenvalue weighted by Crippen LogP contribution is -2.17. The molecule has 0 bridgehead atoms. The number of nitrogens with one attached hydrogen (secondary N) is 1. The van der Waals surface area contributed by atoms with Crippen LogP contribution in [0.1, 0.15) is 11.1 Å². The van der Waals surface area contributed by atoms with Gasteiger partial charge >= 0.3 is 0 Å². The van der Waals surface area contributed by atoms with E-state index in [1.165, 1.54) is 0 Å². The number of benzene rings is 2. The van der Waals surface area contributed by atoms with Crippen LogP contribution in [0.4, 0.5) is 0 Å². The second kappa shape index (κ2) is 7.96. The van der Waals surface area contributed by atoms with Crippen LogP contribution in [0.25, 0.3) is 0 Å². The Hall–Kier alpha value is -2.35. The summed E-state index contributed by atoms with van der Waals surface area (Å²) in [6.45, 7) is 2.64. The molecular weight excluding hydrogens is 326 g/mol. The molecule has 2 aromatic rings. The number of hydrogen-bond acceptors (Lipinski definition) is 4. The molecule has 0 spiro atoms. The highest BCUT2D eigenvalue weighted by Crippen LogP contribution is 2.38. The van der Waals surface area contributed by atoms with E-state index in [2.05, 4.69) is 11.2 Å². The van der Waals surface area contributed by atoms with E-state index < -0.39 is 0 Å². The molecule has 5 heteroatoms. The Morgan fingerprint density at radius 1 is 1.17 bits per heavy atom. The summed E-state index contributed by atoms with van der Waals surface area (Å²) in [6, 6.07) is 11.7. The maximum atomic E-state index is 6.25. The van der Waals surface area contributed by atoms with Crippen molar-refractivity contribution in [1.29, 1.82) is 0 Å². The van der Waals surface area contributed by atoms with E-state index in [0.29, 0.717) is 42.8 Å². The third kappa shape index (κ3) is 3.94. The molecule has 0 radical (unpaired) electrons. The minimum atomic E-state index is 0.259. The van der Waals surface area contributed by atoms with Crippen molar-refractivity contribution in [1.82, 2.24) is 5.32 Å². The number of fused-ring (bicyclic) bond motifs is 1. The summed E-state index contributed by atoms with van der Waals surface area (Å²) in [5, 5.41) is 3.95. The van der Waals surface area contributed by atoms with Crippen LogP contribution in [0, 0.1) is 12.3 Å². The van der Waals surface area contributed by atoms with Crippen molar-refractivity contribution >= 4 is 11.6 Å². The number of terminal acetylenes is 1. The fraction of sp³-hybridized carbons (Fsp3) is 0.263. The highest BCUT2D eigenvalue weighted by Gasteiger charge is 2.16. The highest BCUT2D eigenvalue weighted by molar-refractivity contribution is 6.32. The molecule has 3 rings (SSSR count). The van der Waals surface area contributed by atoms with Crippen molar-refractivity contribution in [2.24, 2.45) is 0 Å². The Labute approximate surface area is 146 Å². The average Bonchev–Trinajstić information content (AvgIpc) is 2.61. The average molecular weight is 344 g/mol. The molecule has 1 aliphatic heterocycles. The molecule has 0 aromatic heterocycles. The van der Waals surface area contributed by atoms with Crippen LogP contribution >= 0.6 is 11.6 Å². The van der Waals surface area contributed by atoms with Gasteiger partial charge in [-0.1, -0.05) is 35.7 Å². The monoisotopic (exact) mass is 343 g/mol. The molecule has 0 atom stereocenters. The first-order valence-electron chi connectivity index (χ1n) is 7.71. The molecule has 0 unspecified atom stereocenters. The summed E-state index contributed by atoms with van der Waals surface area (Å²) in [6.07, 6.45) is 5.25. The first-order valence-corrected chi connectivity index (χ1v) is 8.08. The minimum absolute atomic E-state index is 0.259. The SMILES string of the molecule is C#CCOc1ccccc1CNCc1cc(Cl)c2c(c1)OCCO2. The van der Waals surface area contributed by atoms with E-state index in [0.717, 1.165) is 16.9 Å². The van der Waals surface area contributed by atoms with Gasteiger partial charge < -0.3 is 19.5 Å². The lowest BCUT2D eigenvalue weighted by molar-refractivity contribution is 0.171. The van der Waals surface area contributed by atoms with Crippen molar-refractivity contribution < 1.29 is 14.2 Å². The number of hydrogen-bond donors (Lipinski definition) is 1. The standard InChI is InChI=1S/C19H18ClNO3/c1-2-7-22-17-6-4-3-5-15(17)13-21-12-14-10-16(20)19-18(11-14)23-8-9-24-19/h1,3-6,10-11,21H,7-9,12-13H2. The molecule has 124 valence electrons. The van der Waals surface area contributed by atoms with Gasteiger partial charge in [0.2, 0.25) is 0 Å². The summed E-state index contributed by atoms with van der Waals surface area (Å²) in [7, 11) is 0. The van der Waals surface area contributed by atoms with E-state index in [-0.39, 0.29) is 6.61 Å². The molecule has 2 aromatic carbocycles. The van der Waals surface area contributed by atoms with Gasteiger partial charge in [-0.05, 0) is 23.8 Å². The highest BCUT2D eigenvalue weighted by atomic mass is 35.5. The molecule has 1 heterocycles. The second-order valence-corrected chi connectivity index (χ2v) is 5.71. The molecule has 24 heavy (non-hydrogen) atoms. The van der Waals surface area contributed by atoms with Crippen LogP contribution in [0.2, 0.25) is 5.02 Å². The zero-order valence-electron chi connectivity index (χ0n) is 13.2. The van der Waals surface area contributed by atoms with Crippen molar-refractivity contribution in [2.45, 2.75) is 13.1 Å². The fourth-order valence-electron chi connectivity index (χ4n) is 2.52. The zero-order chi connectivity index (χ0) is 16.8. The molecular formula is C19H18ClNO3. The Morgan fingerprint density at radius 2 is 2.00 bits per heavy atom. The summed E-state index contributed by atoms with van der Waals surface area (Å²) in [4.78, 5) is 0. The van der Waals surface area contributed by atoms with Crippen LogP contribution in [0.15, 0.2) is 36.4 Å². The van der Waals surface area contributed by atoms with Gasteiger partial charge in [0, 0.05) is 18.7 Å². The normalized spacial score (nSPS) is 12.5. The number of rotatable bonds is 6. The number of para-hydroxylation sites is 1. The Kier molecular flexibility index (Phi) is 5.47. The fourth-order valence-corrected chi connectivity index (χ4v) is 2.81. The minimum Gasteiger partial charge on any atom is -0.486 e. The molecule has 4 nitrogen and oxygen atoms in total. The van der Waals surface area contributed by atoms with Gasteiger partial charge in [-0.2, -0.15) is 0 Å². The maximum Gasteiger partial charge on any atom is 0.179 e. The summed E-state index contributed by atoms with van der Waals surface area (Å²) >= 11 is 6.25. The number of halogens is 1. The van der Waals surface area contributed by atoms with Gasteiger partial charge in [0.1, 0.15) is 25.6 Å². The van der Waals surface area contributed by atoms with E-state index in [4.69, 9.17) is 32.2 Å². The van der Waals surface area contributed by atoms with Gasteiger partial charge in [0.25, 0.3) is 0 Å². The molecule has 1 aliphatic rings. The van der Waals surface area contributed by atoms with Gasteiger partial charge in [-0.3, -0.25) is 0 Å². The van der Waals surface area contributed by atoms with Gasteiger partial charge in [-0.25, -0.2) is 0 Å². The Balaban J connectivity index is 1.63. The third-order valence-corrected chi connectivity index (χ3v) is 3.87. The maximum absolute atomic E-state index is 6.25. The summed E-state index contributed by atoms with van der Waals surface area (Å²) in [5.74, 6) is 4.59. The number of ether oxygens (including phenoxy) is 3. The topological polar surface area (TPSA) is 39.7 Å². The van der Waals surface area contributed by atoms with Crippen LogP contribution in [0.3, 0.4) is 0 Å². The van der Waals surface area contributed by atoms with E-state index >= 15 is 0 Å². The van der Waals surface area contributed by atoms with Crippen molar-refractivity contribution in [3.05, 3.63) is 52.5 Å². The lowest BCUT2D eigenvalue weighted by atomic mass is 10.1. The lowest BCUT2D eigenvalue weighted by Gasteiger charge is -2.20. The first kappa shape index (κ1) is 16.5. The van der Waals surface area contributed by atoms with Crippen molar-refractivity contribution in [3.8, 4) is 29.6 Å². The van der Waals surface area contributed by atoms with E-state index in [1.54, 1.807) is 0 Å². The van der Waals surface area contributed by atoms with Crippen LogP contribution in [-0.4, -0.2) is 19.8 Å². The first-order chi connectivity index (χ1) is 11.8. The second-order valence-electron chi connectivity index (χ2n) is 5.31. The van der Waals surface area contributed by atoms with Crippen LogP contribution < -0.4 is 19.5 Å². The van der Waals surface area contributed by atoms with Crippen LogP contribution in [0.5, 0.6) is 17.2 Å². The van der Waals surface area contributed by atoms with Gasteiger partial charge in [0.05, 0.1) is 5.02 Å². The quantitative estimate of drug-likeness (QED) is 0.816. The summed E-state index contributed by atoms with van der Waals surface area (Å²) < 4.78 is 16.7.